The maximum absolute atomic E-state index is 13.3. The first-order chi connectivity index (χ1) is 14.5. The van der Waals surface area contributed by atoms with Crippen molar-refractivity contribution in [2.24, 2.45) is 0 Å². The lowest BCUT2D eigenvalue weighted by Crippen LogP contribution is -2.30. The molecule has 0 fully saturated rings. The fourth-order valence-corrected chi connectivity index (χ4v) is 3.38. The number of benzene rings is 2. The van der Waals surface area contributed by atoms with Gasteiger partial charge < -0.3 is 19.5 Å². The van der Waals surface area contributed by atoms with Crippen LogP contribution in [0.5, 0.6) is 17.2 Å². The molecule has 0 bridgehead atoms. The van der Waals surface area contributed by atoms with Crippen LogP contribution in [0.15, 0.2) is 54.9 Å². The van der Waals surface area contributed by atoms with Gasteiger partial charge in [0.25, 0.3) is 5.91 Å². The molecule has 1 atom stereocenters. The third kappa shape index (κ3) is 4.38. The van der Waals surface area contributed by atoms with Gasteiger partial charge in [0.05, 0.1) is 27.4 Å². The molecule has 30 heavy (non-hydrogen) atoms. The van der Waals surface area contributed by atoms with Crippen LogP contribution in [0.2, 0.25) is 0 Å². The number of methoxy groups -OCH3 is 3. The van der Waals surface area contributed by atoms with Crippen molar-refractivity contribution in [3.8, 4) is 17.2 Å². The van der Waals surface area contributed by atoms with E-state index in [0.29, 0.717) is 22.8 Å². The molecule has 0 radical (unpaired) electrons. The second-order valence-electron chi connectivity index (χ2n) is 6.97. The molecule has 3 rings (SSSR count). The van der Waals surface area contributed by atoms with Gasteiger partial charge in [0.15, 0.2) is 11.5 Å². The average molecular weight is 406 g/mol. The third-order valence-corrected chi connectivity index (χ3v) is 4.97. The van der Waals surface area contributed by atoms with Crippen LogP contribution in [0, 0.1) is 13.8 Å². The number of nitrogens with one attached hydrogen (secondary N) is 1. The molecule has 1 heterocycles. The van der Waals surface area contributed by atoms with E-state index in [2.05, 4.69) is 28.5 Å². The molecule has 3 aromatic rings. The molecule has 1 aromatic heterocycles. The Balaban J connectivity index is 2.03. The van der Waals surface area contributed by atoms with Crippen molar-refractivity contribution in [3.05, 3.63) is 82.7 Å². The van der Waals surface area contributed by atoms with Gasteiger partial charge in [-0.1, -0.05) is 29.8 Å². The van der Waals surface area contributed by atoms with Crippen molar-refractivity contribution in [1.82, 2.24) is 10.3 Å². The Morgan fingerprint density at radius 2 is 1.67 bits per heavy atom. The molecule has 156 valence electrons. The second-order valence-corrected chi connectivity index (χ2v) is 6.97. The number of nitrogens with zero attached hydrogens (tertiary/aromatic N) is 1. The van der Waals surface area contributed by atoms with E-state index in [1.807, 2.05) is 26.0 Å². The molecule has 1 N–H and O–H groups in total. The van der Waals surface area contributed by atoms with Crippen LogP contribution in [-0.4, -0.2) is 32.2 Å². The lowest BCUT2D eigenvalue weighted by Gasteiger charge is -2.22. The Kier molecular flexibility index (Phi) is 6.57. The minimum Gasteiger partial charge on any atom is -0.493 e. The lowest BCUT2D eigenvalue weighted by atomic mass is 9.94. The smallest absolute Gasteiger partial charge is 0.252 e. The van der Waals surface area contributed by atoms with E-state index in [0.717, 1.165) is 22.3 Å². The van der Waals surface area contributed by atoms with Crippen molar-refractivity contribution in [3.63, 3.8) is 0 Å². The Morgan fingerprint density at radius 1 is 0.967 bits per heavy atom. The highest BCUT2D eigenvalue weighted by Gasteiger charge is 2.22. The number of hydrogen-bond donors (Lipinski definition) is 1. The summed E-state index contributed by atoms with van der Waals surface area (Å²) in [5, 5.41) is 3.14. The summed E-state index contributed by atoms with van der Waals surface area (Å²) < 4.78 is 16.1. The highest BCUT2D eigenvalue weighted by molar-refractivity contribution is 5.96. The Labute approximate surface area is 176 Å². The van der Waals surface area contributed by atoms with Gasteiger partial charge in [0.2, 0.25) is 5.75 Å². The lowest BCUT2D eigenvalue weighted by molar-refractivity contribution is 0.0942. The number of aromatic nitrogens is 1. The summed E-state index contributed by atoms with van der Waals surface area (Å²) in [4.78, 5) is 17.5. The van der Waals surface area contributed by atoms with Crippen molar-refractivity contribution in [2.45, 2.75) is 19.9 Å². The molecular formula is C24H26N2O4. The van der Waals surface area contributed by atoms with Gasteiger partial charge in [0, 0.05) is 18.0 Å². The molecule has 0 unspecified atom stereocenters. The number of carbonyl (C=O) groups is 1. The van der Waals surface area contributed by atoms with Gasteiger partial charge in [-0.15, -0.1) is 0 Å². The first-order valence-corrected chi connectivity index (χ1v) is 9.56. The van der Waals surface area contributed by atoms with Gasteiger partial charge >= 0.3 is 0 Å². The molecule has 2 aromatic carbocycles. The number of hydrogen-bond acceptors (Lipinski definition) is 5. The standard InChI is InChI=1S/C24H26N2O4/c1-15-8-9-16(2)19(11-15)22(17-7-6-10-25-14-17)26-24(27)18-12-20(28-3)23(30-5)21(13-18)29-4/h6-14,22H,1-5H3,(H,26,27)/t22-/m0/s1. The van der Waals surface area contributed by atoms with Crippen LogP contribution in [0.1, 0.15) is 38.7 Å². The molecule has 0 aliphatic carbocycles. The Hall–Kier alpha value is -3.54. The van der Waals surface area contributed by atoms with E-state index >= 15 is 0 Å². The first kappa shape index (κ1) is 21.2. The summed E-state index contributed by atoms with van der Waals surface area (Å²) in [6, 6.07) is 12.9. The SMILES string of the molecule is COc1cc(C(=O)N[C@@H](c2cccnc2)c2cc(C)ccc2C)cc(OC)c1OC. The monoisotopic (exact) mass is 406 g/mol. The predicted octanol–water partition coefficient (Wildman–Crippen LogP) is 4.24. The predicted molar refractivity (Wildman–Crippen MR) is 116 cm³/mol. The largest absolute Gasteiger partial charge is 0.493 e. The summed E-state index contributed by atoms with van der Waals surface area (Å²) in [6.07, 6.45) is 3.48. The van der Waals surface area contributed by atoms with E-state index in [9.17, 15) is 4.79 Å². The maximum Gasteiger partial charge on any atom is 0.252 e. The molecule has 0 saturated carbocycles. The molecule has 0 aliphatic heterocycles. The maximum atomic E-state index is 13.3. The van der Waals surface area contributed by atoms with Gasteiger partial charge in [-0.25, -0.2) is 0 Å². The molecule has 6 nitrogen and oxygen atoms in total. The van der Waals surface area contributed by atoms with E-state index in [1.54, 1.807) is 24.5 Å². The van der Waals surface area contributed by atoms with Crippen LogP contribution in [0.3, 0.4) is 0 Å². The summed E-state index contributed by atoms with van der Waals surface area (Å²) >= 11 is 0. The van der Waals surface area contributed by atoms with Gasteiger partial charge in [-0.2, -0.15) is 0 Å². The summed E-state index contributed by atoms with van der Waals surface area (Å²) in [7, 11) is 4.57. The van der Waals surface area contributed by atoms with Crippen molar-refractivity contribution < 1.29 is 19.0 Å². The average Bonchev–Trinajstić information content (AvgIpc) is 2.78. The Morgan fingerprint density at radius 3 is 2.23 bits per heavy atom. The number of carbonyl (C=O) groups excluding carboxylic acids is 1. The van der Waals surface area contributed by atoms with E-state index in [4.69, 9.17) is 14.2 Å². The zero-order valence-corrected chi connectivity index (χ0v) is 17.9. The van der Waals surface area contributed by atoms with Crippen LogP contribution >= 0.6 is 0 Å². The minimum absolute atomic E-state index is 0.260. The summed E-state index contributed by atoms with van der Waals surface area (Å²) in [5.74, 6) is 1.03. The van der Waals surface area contributed by atoms with Gasteiger partial charge in [-0.05, 0) is 48.7 Å². The van der Waals surface area contributed by atoms with Crippen molar-refractivity contribution in [2.75, 3.05) is 21.3 Å². The van der Waals surface area contributed by atoms with Gasteiger partial charge in [0.1, 0.15) is 0 Å². The molecule has 0 aliphatic rings. The zero-order chi connectivity index (χ0) is 21.7. The van der Waals surface area contributed by atoms with E-state index in [-0.39, 0.29) is 11.9 Å². The number of pyridine rings is 1. The normalized spacial score (nSPS) is 11.5. The fraction of sp³-hybridized carbons (Fsp3) is 0.250. The number of rotatable bonds is 7. The minimum atomic E-state index is -0.356. The van der Waals surface area contributed by atoms with Crippen LogP contribution < -0.4 is 19.5 Å². The number of aryl methyl sites for hydroxylation is 2. The number of ether oxygens (including phenoxy) is 3. The third-order valence-electron chi connectivity index (χ3n) is 4.97. The highest BCUT2D eigenvalue weighted by Crippen LogP contribution is 2.38. The molecule has 6 heteroatoms. The summed E-state index contributed by atoms with van der Waals surface area (Å²) in [6.45, 7) is 4.06. The molecule has 0 saturated heterocycles. The highest BCUT2D eigenvalue weighted by atomic mass is 16.5. The summed E-state index contributed by atoms with van der Waals surface area (Å²) in [5.41, 5.74) is 4.52. The van der Waals surface area contributed by atoms with Crippen molar-refractivity contribution >= 4 is 5.91 Å². The molecule has 1 amide bonds. The van der Waals surface area contributed by atoms with Crippen LogP contribution in [-0.2, 0) is 0 Å². The second kappa shape index (κ2) is 9.31. The fourth-order valence-electron chi connectivity index (χ4n) is 3.38. The zero-order valence-electron chi connectivity index (χ0n) is 17.9. The topological polar surface area (TPSA) is 69.7 Å². The van der Waals surface area contributed by atoms with E-state index < -0.39 is 0 Å². The molecule has 0 spiro atoms. The van der Waals surface area contributed by atoms with Gasteiger partial charge in [-0.3, -0.25) is 9.78 Å². The van der Waals surface area contributed by atoms with Crippen LogP contribution in [0.4, 0.5) is 0 Å². The first-order valence-electron chi connectivity index (χ1n) is 9.56. The molecular weight excluding hydrogens is 380 g/mol. The number of amides is 1. The quantitative estimate of drug-likeness (QED) is 0.635. The van der Waals surface area contributed by atoms with Crippen LogP contribution in [0.25, 0.3) is 0 Å². The Bertz CT molecular complexity index is 1010. The van der Waals surface area contributed by atoms with E-state index in [1.165, 1.54) is 21.3 Å². The van der Waals surface area contributed by atoms with Crippen molar-refractivity contribution in [1.29, 1.82) is 0 Å².